The predicted molar refractivity (Wildman–Crippen MR) is 60.6 cm³/mol. The van der Waals surface area contributed by atoms with Crippen LogP contribution in [0.15, 0.2) is 6.20 Å². The lowest BCUT2D eigenvalue weighted by atomic mass is 10.0. The van der Waals surface area contributed by atoms with Crippen LogP contribution in [-0.4, -0.2) is 0 Å². The van der Waals surface area contributed by atoms with Crippen molar-refractivity contribution >= 4 is 0 Å². The van der Waals surface area contributed by atoms with Crippen molar-refractivity contribution in [2.75, 3.05) is 0 Å². The Morgan fingerprint density at radius 1 is 0.929 bits per heavy atom. The van der Waals surface area contributed by atoms with Gasteiger partial charge in [0.15, 0.2) is 17.4 Å². The number of rotatable bonds is 0. The van der Waals surface area contributed by atoms with Crippen molar-refractivity contribution in [2.45, 2.75) is 54.0 Å². The molecule has 1 aromatic rings. The van der Waals surface area contributed by atoms with Crippen LogP contribution < -0.4 is 4.57 Å². The Labute approximate surface area is 87.8 Å². The Balaban J connectivity index is 3.49. The Morgan fingerprint density at radius 2 is 1.43 bits per heavy atom. The highest BCUT2D eigenvalue weighted by Gasteiger charge is 2.26. The fraction of sp³-hybridized carbons (Fsp3) is 0.615. The maximum absolute atomic E-state index is 2.37. The molecule has 0 fully saturated rings. The average molecular weight is 192 g/mol. The molecule has 0 saturated heterocycles. The molecule has 0 aliphatic carbocycles. The van der Waals surface area contributed by atoms with E-state index in [1.165, 1.54) is 22.4 Å². The summed E-state index contributed by atoms with van der Waals surface area (Å²) in [5.41, 5.74) is 5.76. The Kier molecular flexibility index (Phi) is 2.71. The van der Waals surface area contributed by atoms with Crippen LogP contribution >= 0.6 is 0 Å². The molecule has 0 N–H and O–H groups in total. The summed E-state index contributed by atoms with van der Waals surface area (Å²) in [6.45, 7) is 15.5. The molecule has 0 aliphatic rings. The number of nitrogens with zero attached hydrogens (tertiary/aromatic N) is 1. The normalized spacial score (nSPS) is 11.9. The summed E-state index contributed by atoms with van der Waals surface area (Å²) in [4.78, 5) is 0. The lowest BCUT2D eigenvalue weighted by Crippen LogP contribution is -2.53. The zero-order valence-corrected chi connectivity index (χ0v) is 10.5. The highest BCUT2D eigenvalue weighted by Crippen LogP contribution is 2.16. The SMILES string of the molecule is Cc1c[n+](C(C)(C)C)c(C)c(C)c1C. The van der Waals surface area contributed by atoms with Gasteiger partial charge in [-0.2, -0.15) is 4.57 Å². The van der Waals surface area contributed by atoms with Gasteiger partial charge in [0, 0.05) is 38.8 Å². The fourth-order valence-electron chi connectivity index (χ4n) is 1.83. The van der Waals surface area contributed by atoms with Crippen molar-refractivity contribution in [2.24, 2.45) is 0 Å². The standard InChI is InChI=1S/C13H22N/c1-9-8-14(13(5,6)7)12(4)11(3)10(9)2/h8H,1-7H3/q+1. The van der Waals surface area contributed by atoms with Crippen molar-refractivity contribution in [1.82, 2.24) is 0 Å². The predicted octanol–water partition coefficient (Wildman–Crippen LogP) is 2.96. The minimum absolute atomic E-state index is 0.174. The molecule has 1 nitrogen and oxygen atoms in total. The van der Waals surface area contributed by atoms with Crippen molar-refractivity contribution < 1.29 is 4.57 Å². The molecule has 0 saturated carbocycles. The van der Waals surface area contributed by atoms with Gasteiger partial charge in [0.05, 0.1) is 0 Å². The van der Waals surface area contributed by atoms with Gasteiger partial charge in [0.25, 0.3) is 0 Å². The minimum Gasteiger partial charge on any atom is -0.198 e. The molecule has 0 aliphatic heterocycles. The largest absolute Gasteiger partial charge is 0.198 e. The van der Waals surface area contributed by atoms with Crippen LogP contribution in [0.25, 0.3) is 0 Å². The molecular weight excluding hydrogens is 170 g/mol. The maximum Gasteiger partial charge on any atom is 0.181 e. The molecule has 1 rings (SSSR count). The Morgan fingerprint density at radius 3 is 1.86 bits per heavy atom. The topological polar surface area (TPSA) is 3.88 Å². The second-order valence-electron chi connectivity index (χ2n) is 5.19. The molecule has 1 heterocycles. The van der Waals surface area contributed by atoms with Crippen LogP contribution in [0.2, 0.25) is 0 Å². The van der Waals surface area contributed by atoms with Gasteiger partial charge in [-0.15, -0.1) is 0 Å². The minimum atomic E-state index is 0.174. The lowest BCUT2D eigenvalue weighted by molar-refractivity contribution is -0.759. The van der Waals surface area contributed by atoms with E-state index >= 15 is 0 Å². The third-order valence-electron chi connectivity index (χ3n) is 3.10. The third-order valence-corrected chi connectivity index (χ3v) is 3.10. The number of hydrogen-bond donors (Lipinski definition) is 0. The Bertz CT molecular complexity index is 356. The molecule has 0 atom stereocenters. The molecule has 0 amide bonds. The molecule has 0 unspecified atom stereocenters. The van der Waals surface area contributed by atoms with Gasteiger partial charge in [-0.05, 0) is 26.3 Å². The van der Waals surface area contributed by atoms with E-state index in [0.29, 0.717) is 0 Å². The summed E-state index contributed by atoms with van der Waals surface area (Å²) in [6.07, 6.45) is 2.26. The smallest absolute Gasteiger partial charge is 0.181 e. The van der Waals surface area contributed by atoms with Crippen LogP contribution in [0, 0.1) is 27.7 Å². The van der Waals surface area contributed by atoms with Gasteiger partial charge >= 0.3 is 0 Å². The molecule has 78 valence electrons. The zero-order chi connectivity index (χ0) is 11.1. The van der Waals surface area contributed by atoms with Crippen LogP contribution in [-0.2, 0) is 5.54 Å². The van der Waals surface area contributed by atoms with Crippen molar-refractivity contribution in [3.8, 4) is 0 Å². The molecular formula is C13H22N+. The monoisotopic (exact) mass is 192 g/mol. The second-order valence-corrected chi connectivity index (χ2v) is 5.19. The molecule has 1 heteroatoms. The number of aromatic nitrogens is 1. The van der Waals surface area contributed by atoms with E-state index in [0.717, 1.165) is 0 Å². The molecule has 1 aromatic heterocycles. The van der Waals surface area contributed by atoms with Crippen LogP contribution in [0.5, 0.6) is 0 Å². The second kappa shape index (κ2) is 3.38. The van der Waals surface area contributed by atoms with Crippen molar-refractivity contribution in [1.29, 1.82) is 0 Å². The fourth-order valence-corrected chi connectivity index (χ4v) is 1.83. The summed E-state index contributed by atoms with van der Waals surface area (Å²) < 4.78 is 2.37. The average Bonchev–Trinajstić information content (AvgIpc) is 2.06. The molecule has 14 heavy (non-hydrogen) atoms. The number of hydrogen-bond acceptors (Lipinski definition) is 0. The first-order valence-electron chi connectivity index (χ1n) is 5.24. The van der Waals surface area contributed by atoms with Gasteiger partial charge < -0.3 is 0 Å². The number of aryl methyl sites for hydroxylation is 1. The summed E-state index contributed by atoms with van der Waals surface area (Å²) in [5.74, 6) is 0. The van der Waals surface area contributed by atoms with E-state index in [1.807, 2.05) is 0 Å². The van der Waals surface area contributed by atoms with Crippen molar-refractivity contribution in [3.63, 3.8) is 0 Å². The van der Waals surface area contributed by atoms with Crippen LogP contribution in [0.4, 0.5) is 0 Å². The van der Waals surface area contributed by atoms with E-state index in [4.69, 9.17) is 0 Å². The van der Waals surface area contributed by atoms with E-state index in [1.54, 1.807) is 0 Å². The van der Waals surface area contributed by atoms with E-state index in [2.05, 4.69) is 59.2 Å². The summed E-state index contributed by atoms with van der Waals surface area (Å²) in [7, 11) is 0. The van der Waals surface area contributed by atoms with Crippen molar-refractivity contribution in [3.05, 3.63) is 28.6 Å². The first-order valence-corrected chi connectivity index (χ1v) is 5.24. The first kappa shape index (κ1) is 11.2. The summed E-state index contributed by atoms with van der Waals surface area (Å²) >= 11 is 0. The van der Waals surface area contributed by atoms with Gasteiger partial charge in [-0.3, -0.25) is 0 Å². The van der Waals surface area contributed by atoms with Gasteiger partial charge in [0.1, 0.15) is 0 Å². The molecule has 0 radical (unpaired) electrons. The van der Waals surface area contributed by atoms with E-state index < -0.39 is 0 Å². The van der Waals surface area contributed by atoms with Gasteiger partial charge in [-0.25, -0.2) is 0 Å². The van der Waals surface area contributed by atoms with E-state index in [9.17, 15) is 0 Å². The zero-order valence-electron chi connectivity index (χ0n) is 10.5. The third kappa shape index (κ3) is 1.82. The van der Waals surface area contributed by atoms with Gasteiger partial charge in [-0.1, -0.05) is 0 Å². The summed E-state index contributed by atoms with van der Waals surface area (Å²) in [5, 5.41) is 0. The first-order chi connectivity index (χ1) is 6.25. The molecule has 0 spiro atoms. The number of pyridine rings is 1. The van der Waals surface area contributed by atoms with Gasteiger partial charge in [0.2, 0.25) is 0 Å². The van der Waals surface area contributed by atoms with E-state index in [-0.39, 0.29) is 5.54 Å². The highest BCUT2D eigenvalue weighted by atomic mass is 15.0. The summed E-state index contributed by atoms with van der Waals surface area (Å²) in [6, 6.07) is 0. The van der Waals surface area contributed by atoms with Crippen LogP contribution in [0.1, 0.15) is 43.2 Å². The highest BCUT2D eigenvalue weighted by molar-refractivity contribution is 5.30. The maximum atomic E-state index is 2.37. The van der Waals surface area contributed by atoms with Crippen LogP contribution in [0.3, 0.4) is 0 Å². The lowest BCUT2D eigenvalue weighted by Gasteiger charge is -2.18. The molecule has 0 bridgehead atoms. The molecule has 0 aromatic carbocycles. The quantitative estimate of drug-likeness (QED) is 0.556. The Hall–Kier alpha value is -0.850.